The van der Waals surface area contributed by atoms with E-state index in [1.165, 1.54) is 36.3 Å². The number of hydrogen-bond acceptors (Lipinski definition) is 2. The summed E-state index contributed by atoms with van der Waals surface area (Å²) in [4.78, 5) is 1.21. The fourth-order valence-corrected chi connectivity index (χ4v) is 3.34. The Hall–Kier alpha value is -0.150. The number of unbranched alkanes of at least 4 members (excludes halogenated alkanes) is 1. The van der Waals surface area contributed by atoms with E-state index in [1.54, 1.807) is 0 Å². The lowest BCUT2D eigenvalue weighted by atomic mass is 10.0. The van der Waals surface area contributed by atoms with E-state index < -0.39 is 0 Å². The van der Waals surface area contributed by atoms with Crippen LogP contribution < -0.4 is 5.73 Å². The number of thioether (sulfide) groups is 1. The standard InChI is InChI=1S/C14H22BrNS/c1-3-5-6-11(4-2)10-17-14-8-7-12(15)9-13(14)16/h7-9,11H,3-6,10,16H2,1-2H3. The van der Waals surface area contributed by atoms with E-state index >= 15 is 0 Å². The Morgan fingerprint density at radius 1 is 1.35 bits per heavy atom. The van der Waals surface area contributed by atoms with E-state index in [-0.39, 0.29) is 0 Å². The highest BCUT2D eigenvalue weighted by Gasteiger charge is 2.08. The first kappa shape index (κ1) is 14.9. The Balaban J connectivity index is 2.47. The predicted octanol–water partition coefficient (Wildman–Crippen LogP) is 5.34. The van der Waals surface area contributed by atoms with E-state index in [1.807, 2.05) is 17.8 Å². The van der Waals surface area contributed by atoms with Crippen molar-refractivity contribution in [2.24, 2.45) is 5.92 Å². The summed E-state index contributed by atoms with van der Waals surface area (Å²) in [6.07, 6.45) is 5.25. The number of halogens is 1. The van der Waals surface area contributed by atoms with E-state index in [9.17, 15) is 0 Å². The van der Waals surface area contributed by atoms with Crippen molar-refractivity contribution in [3.05, 3.63) is 22.7 Å². The van der Waals surface area contributed by atoms with Crippen molar-refractivity contribution in [1.29, 1.82) is 0 Å². The molecule has 0 spiro atoms. The first-order chi connectivity index (χ1) is 8.17. The molecule has 96 valence electrons. The van der Waals surface area contributed by atoms with E-state index in [4.69, 9.17) is 5.73 Å². The van der Waals surface area contributed by atoms with Crippen molar-refractivity contribution < 1.29 is 0 Å². The second kappa shape index (κ2) is 8.04. The van der Waals surface area contributed by atoms with Crippen LogP contribution in [0.5, 0.6) is 0 Å². The van der Waals surface area contributed by atoms with Crippen LogP contribution in [0.3, 0.4) is 0 Å². The van der Waals surface area contributed by atoms with Crippen molar-refractivity contribution in [3.8, 4) is 0 Å². The van der Waals surface area contributed by atoms with Crippen LogP contribution in [0.4, 0.5) is 5.69 Å². The zero-order valence-corrected chi connectivity index (χ0v) is 13.1. The maximum Gasteiger partial charge on any atom is 0.0463 e. The highest BCUT2D eigenvalue weighted by Crippen LogP contribution is 2.30. The first-order valence-corrected chi connectivity index (χ1v) is 8.13. The second-order valence-corrected chi connectivity index (χ2v) is 6.39. The molecule has 1 unspecified atom stereocenters. The molecule has 0 aromatic heterocycles. The van der Waals surface area contributed by atoms with Gasteiger partial charge in [-0.1, -0.05) is 49.0 Å². The summed E-state index contributed by atoms with van der Waals surface area (Å²) in [5.74, 6) is 2.01. The molecular formula is C14H22BrNS. The van der Waals surface area contributed by atoms with E-state index in [2.05, 4.69) is 41.9 Å². The summed E-state index contributed by atoms with van der Waals surface area (Å²) in [5.41, 5.74) is 6.88. The van der Waals surface area contributed by atoms with Gasteiger partial charge in [-0.25, -0.2) is 0 Å². The minimum Gasteiger partial charge on any atom is -0.398 e. The van der Waals surface area contributed by atoms with Crippen LogP contribution in [0.25, 0.3) is 0 Å². The normalized spacial score (nSPS) is 12.6. The number of nitrogen functional groups attached to an aromatic ring is 1. The number of benzene rings is 1. The molecule has 0 amide bonds. The lowest BCUT2D eigenvalue weighted by Crippen LogP contribution is -2.02. The summed E-state index contributed by atoms with van der Waals surface area (Å²) >= 11 is 5.33. The molecule has 2 N–H and O–H groups in total. The predicted molar refractivity (Wildman–Crippen MR) is 82.6 cm³/mol. The molecule has 0 bridgehead atoms. The van der Waals surface area contributed by atoms with E-state index in [0.29, 0.717) is 0 Å². The van der Waals surface area contributed by atoms with Gasteiger partial charge in [0.05, 0.1) is 0 Å². The topological polar surface area (TPSA) is 26.0 Å². The molecular weight excluding hydrogens is 294 g/mol. The van der Waals surface area contributed by atoms with Gasteiger partial charge in [0.2, 0.25) is 0 Å². The quantitative estimate of drug-likeness (QED) is 0.543. The molecule has 0 radical (unpaired) electrons. The molecule has 0 saturated carbocycles. The molecule has 1 rings (SSSR count). The van der Waals surface area contributed by atoms with Crippen LogP contribution in [0, 0.1) is 5.92 Å². The van der Waals surface area contributed by atoms with Gasteiger partial charge in [-0.15, -0.1) is 11.8 Å². The fraction of sp³-hybridized carbons (Fsp3) is 0.571. The molecule has 1 aromatic carbocycles. The molecule has 3 heteroatoms. The smallest absolute Gasteiger partial charge is 0.0463 e. The molecule has 0 heterocycles. The third-order valence-electron chi connectivity index (χ3n) is 2.99. The monoisotopic (exact) mass is 315 g/mol. The zero-order chi connectivity index (χ0) is 12.7. The van der Waals surface area contributed by atoms with Gasteiger partial charge in [0.15, 0.2) is 0 Å². The Morgan fingerprint density at radius 2 is 2.12 bits per heavy atom. The number of rotatable bonds is 7. The van der Waals surface area contributed by atoms with Gasteiger partial charge in [-0.3, -0.25) is 0 Å². The minimum atomic E-state index is 0.822. The lowest BCUT2D eigenvalue weighted by molar-refractivity contribution is 0.499. The molecule has 1 nitrogen and oxygen atoms in total. The van der Waals surface area contributed by atoms with Crippen molar-refractivity contribution in [2.75, 3.05) is 11.5 Å². The third kappa shape index (κ3) is 5.35. The maximum atomic E-state index is 6.00. The van der Waals surface area contributed by atoms with Crippen molar-refractivity contribution >= 4 is 33.4 Å². The Bertz CT molecular complexity index is 341. The van der Waals surface area contributed by atoms with E-state index in [0.717, 1.165) is 16.1 Å². The fourth-order valence-electron chi connectivity index (χ4n) is 1.76. The number of nitrogens with two attached hydrogens (primary N) is 1. The van der Waals surface area contributed by atoms with Crippen LogP contribution in [-0.2, 0) is 0 Å². The third-order valence-corrected chi connectivity index (χ3v) is 4.80. The van der Waals surface area contributed by atoms with Gasteiger partial charge in [0.25, 0.3) is 0 Å². The highest BCUT2D eigenvalue weighted by molar-refractivity contribution is 9.10. The van der Waals surface area contributed by atoms with Gasteiger partial charge in [-0.2, -0.15) is 0 Å². The van der Waals surface area contributed by atoms with Gasteiger partial charge in [0, 0.05) is 20.8 Å². The van der Waals surface area contributed by atoms with Crippen LogP contribution >= 0.6 is 27.7 Å². The summed E-state index contributed by atoms with van der Waals surface area (Å²) in [7, 11) is 0. The average Bonchev–Trinajstić information content (AvgIpc) is 2.31. The van der Waals surface area contributed by atoms with Gasteiger partial charge in [-0.05, 0) is 30.5 Å². The SMILES string of the molecule is CCCCC(CC)CSc1ccc(Br)cc1N. The van der Waals surface area contributed by atoms with Crippen molar-refractivity contribution in [1.82, 2.24) is 0 Å². The largest absolute Gasteiger partial charge is 0.398 e. The number of hydrogen-bond donors (Lipinski definition) is 1. The molecule has 0 aliphatic heterocycles. The molecule has 0 aliphatic carbocycles. The molecule has 1 atom stereocenters. The number of anilines is 1. The Labute approximate surface area is 118 Å². The summed E-state index contributed by atoms with van der Waals surface area (Å²) in [6.45, 7) is 4.54. The summed E-state index contributed by atoms with van der Waals surface area (Å²) in [5, 5.41) is 0. The summed E-state index contributed by atoms with van der Waals surface area (Å²) < 4.78 is 1.05. The molecule has 17 heavy (non-hydrogen) atoms. The van der Waals surface area contributed by atoms with Gasteiger partial charge in [0.1, 0.15) is 0 Å². The average molecular weight is 316 g/mol. The Kier molecular flexibility index (Phi) is 7.05. The first-order valence-electron chi connectivity index (χ1n) is 6.35. The zero-order valence-electron chi connectivity index (χ0n) is 10.7. The van der Waals surface area contributed by atoms with Crippen molar-refractivity contribution in [3.63, 3.8) is 0 Å². The van der Waals surface area contributed by atoms with Crippen molar-refractivity contribution in [2.45, 2.75) is 44.4 Å². The van der Waals surface area contributed by atoms with Crippen LogP contribution in [-0.4, -0.2) is 5.75 Å². The molecule has 1 aromatic rings. The lowest BCUT2D eigenvalue weighted by Gasteiger charge is -2.14. The highest BCUT2D eigenvalue weighted by atomic mass is 79.9. The Morgan fingerprint density at radius 3 is 2.71 bits per heavy atom. The summed E-state index contributed by atoms with van der Waals surface area (Å²) in [6, 6.07) is 6.15. The van der Waals surface area contributed by atoms with Gasteiger partial charge >= 0.3 is 0 Å². The van der Waals surface area contributed by atoms with Gasteiger partial charge < -0.3 is 5.73 Å². The van der Waals surface area contributed by atoms with Crippen LogP contribution in [0.2, 0.25) is 0 Å². The molecule has 0 aliphatic rings. The molecule has 0 fully saturated rings. The van der Waals surface area contributed by atoms with Crippen LogP contribution in [0.1, 0.15) is 39.5 Å². The second-order valence-electron chi connectivity index (χ2n) is 4.41. The molecule has 0 saturated heterocycles. The van der Waals surface area contributed by atoms with Crippen LogP contribution in [0.15, 0.2) is 27.6 Å². The maximum absolute atomic E-state index is 6.00. The minimum absolute atomic E-state index is 0.822.